The molecule has 33 heavy (non-hydrogen) atoms. The third kappa shape index (κ3) is 6.65. The summed E-state index contributed by atoms with van der Waals surface area (Å²) in [6.07, 6.45) is 3.77. The minimum absolute atomic E-state index is 0.0750. The molecule has 0 bridgehead atoms. The zero-order chi connectivity index (χ0) is 23.0. The first-order valence-corrected chi connectivity index (χ1v) is 12.1. The number of anilines is 1. The van der Waals surface area contributed by atoms with Gasteiger partial charge in [0.1, 0.15) is 6.61 Å². The van der Waals surface area contributed by atoms with E-state index in [1.54, 1.807) is 0 Å². The van der Waals surface area contributed by atoms with Gasteiger partial charge in [0.15, 0.2) is 0 Å². The van der Waals surface area contributed by atoms with Crippen molar-refractivity contribution in [1.82, 2.24) is 9.80 Å². The Morgan fingerprint density at radius 2 is 1.58 bits per heavy atom. The minimum Gasteiger partial charge on any atom is -0.367 e. The van der Waals surface area contributed by atoms with E-state index in [0.717, 1.165) is 63.1 Å². The molecule has 2 aromatic carbocycles. The highest BCUT2D eigenvalue weighted by molar-refractivity contribution is 5.92. The number of hydrogen-bond donors (Lipinski definition) is 1. The molecule has 6 nitrogen and oxygen atoms in total. The van der Waals surface area contributed by atoms with E-state index in [-0.39, 0.29) is 24.3 Å². The van der Waals surface area contributed by atoms with Crippen LogP contribution in [0.1, 0.15) is 36.8 Å². The summed E-state index contributed by atoms with van der Waals surface area (Å²) in [7, 11) is 0. The van der Waals surface area contributed by atoms with Gasteiger partial charge in [-0.05, 0) is 63.4 Å². The number of carbonyl (C=O) groups excluding carboxylic acids is 2. The normalized spacial score (nSPS) is 18.3. The summed E-state index contributed by atoms with van der Waals surface area (Å²) in [5, 5.41) is 3.07. The van der Waals surface area contributed by atoms with Gasteiger partial charge >= 0.3 is 0 Å². The average Bonchev–Trinajstić information content (AvgIpc) is 2.86. The lowest BCUT2D eigenvalue weighted by molar-refractivity contribution is -0.138. The largest absolute Gasteiger partial charge is 0.367 e. The lowest BCUT2D eigenvalue weighted by atomic mass is 9.92. The van der Waals surface area contributed by atoms with Crippen LogP contribution in [0.5, 0.6) is 0 Å². The Morgan fingerprint density at radius 1 is 0.909 bits per heavy atom. The lowest BCUT2D eigenvalue weighted by Gasteiger charge is -2.41. The second kappa shape index (κ2) is 11.4. The van der Waals surface area contributed by atoms with Gasteiger partial charge in [-0.25, -0.2) is 0 Å². The summed E-state index contributed by atoms with van der Waals surface area (Å²) in [6.45, 7) is 6.12. The quantitative estimate of drug-likeness (QED) is 0.697. The number of amides is 2. The Labute approximate surface area is 196 Å². The van der Waals surface area contributed by atoms with Crippen molar-refractivity contribution in [2.24, 2.45) is 5.92 Å². The van der Waals surface area contributed by atoms with Crippen molar-refractivity contribution in [3.63, 3.8) is 0 Å². The molecule has 2 amide bonds. The maximum absolute atomic E-state index is 12.6. The molecule has 0 aromatic heterocycles. The second-order valence-electron chi connectivity index (χ2n) is 9.26. The number of piperidine rings is 2. The van der Waals surface area contributed by atoms with Crippen molar-refractivity contribution < 1.29 is 14.3 Å². The second-order valence-corrected chi connectivity index (χ2v) is 9.26. The molecule has 4 rings (SSSR count). The molecular weight excluding hydrogens is 414 g/mol. The molecule has 0 saturated carbocycles. The standard InChI is InChI=1S/C27H35N3O3/c1-21-7-9-24(10-8-21)28-27(32)23-11-15-29(16-12-23)25-13-17-30(18-14-25)26(31)20-33-19-22-5-3-2-4-6-22/h2-10,23,25H,11-20H2,1H3,(H,28,32). The molecule has 2 aliphatic heterocycles. The van der Waals surface area contributed by atoms with Gasteiger partial charge in [-0.1, -0.05) is 48.0 Å². The van der Waals surface area contributed by atoms with Gasteiger partial charge in [0.05, 0.1) is 6.61 Å². The van der Waals surface area contributed by atoms with Crippen molar-refractivity contribution in [1.29, 1.82) is 0 Å². The maximum atomic E-state index is 12.6. The minimum atomic E-state index is 0.0750. The number of ether oxygens (including phenoxy) is 1. The third-order valence-corrected chi connectivity index (χ3v) is 6.89. The Balaban J connectivity index is 1.14. The predicted octanol–water partition coefficient (Wildman–Crippen LogP) is 3.85. The molecule has 176 valence electrons. The Kier molecular flexibility index (Phi) is 8.13. The Morgan fingerprint density at radius 3 is 2.24 bits per heavy atom. The summed E-state index contributed by atoms with van der Waals surface area (Å²) >= 11 is 0. The summed E-state index contributed by atoms with van der Waals surface area (Å²) < 4.78 is 5.62. The fraction of sp³-hybridized carbons (Fsp3) is 0.481. The fourth-order valence-corrected chi connectivity index (χ4v) is 4.81. The molecule has 1 N–H and O–H groups in total. The average molecular weight is 450 g/mol. The summed E-state index contributed by atoms with van der Waals surface area (Å²) in [6, 6.07) is 18.4. The van der Waals surface area contributed by atoms with E-state index in [0.29, 0.717) is 12.6 Å². The number of likely N-dealkylation sites (tertiary alicyclic amines) is 2. The van der Waals surface area contributed by atoms with Gasteiger partial charge < -0.3 is 19.9 Å². The van der Waals surface area contributed by atoms with E-state index in [1.165, 1.54) is 5.56 Å². The molecule has 2 aliphatic rings. The van der Waals surface area contributed by atoms with Crippen LogP contribution in [0.2, 0.25) is 0 Å². The van der Waals surface area contributed by atoms with Crippen LogP contribution < -0.4 is 5.32 Å². The fourth-order valence-electron chi connectivity index (χ4n) is 4.81. The van der Waals surface area contributed by atoms with Crippen LogP contribution >= 0.6 is 0 Å². The summed E-state index contributed by atoms with van der Waals surface area (Å²) in [5.41, 5.74) is 3.14. The van der Waals surface area contributed by atoms with Gasteiger partial charge in [0.2, 0.25) is 11.8 Å². The van der Waals surface area contributed by atoms with Crippen LogP contribution in [0.4, 0.5) is 5.69 Å². The van der Waals surface area contributed by atoms with Crippen molar-refractivity contribution in [2.75, 3.05) is 38.1 Å². The number of carbonyl (C=O) groups is 2. The molecule has 0 aliphatic carbocycles. The highest BCUT2D eigenvalue weighted by Gasteiger charge is 2.31. The third-order valence-electron chi connectivity index (χ3n) is 6.89. The molecule has 0 unspecified atom stereocenters. The van der Waals surface area contributed by atoms with E-state index < -0.39 is 0 Å². The van der Waals surface area contributed by atoms with Gasteiger partial charge in [-0.2, -0.15) is 0 Å². The van der Waals surface area contributed by atoms with E-state index >= 15 is 0 Å². The monoisotopic (exact) mass is 449 g/mol. The van der Waals surface area contributed by atoms with Crippen LogP contribution in [-0.2, 0) is 20.9 Å². The maximum Gasteiger partial charge on any atom is 0.248 e. The number of hydrogen-bond acceptors (Lipinski definition) is 4. The molecule has 0 spiro atoms. The first-order valence-electron chi connectivity index (χ1n) is 12.1. The predicted molar refractivity (Wildman–Crippen MR) is 130 cm³/mol. The molecule has 0 radical (unpaired) electrons. The topological polar surface area (TPSA) is 61.9 Å². The molecule has 2 fully saturated rings. The Hall–Kier alpha value is -2.70. The summed E-state index contributed by atoms with van der Waals surface area (Å²) in [4.78, 5) is 29.6. The number of benzene rings is 2. The Bertz CT molecular complexity index is 900. The summed E-state index contributed by atoms with van der Waals surface area (Å²) in [5.74, 6) is 0.288. The van der Waals surface area contributed by atoms with Crippen LogP contribution in [0.15, 0.2) is 54.6 Å². The van der Waals surface area contributed by atoms with Crippen LogP contribution in [-0.4, -0.2) is 60.4 Å². The van der Waals surface area contributed by atoms with E-state index in [4.69, 9.17) is 4.74 Å². The van der Waals surface area contributed by atoms with E-state index in [1.807, 2.05) is 66.4 Å². The molecule has 2 saturated heterocycles. The SMILES string of the molecule is Cc1ccc(NC(=O)C2CCN(C3CCN(C(=O)COCc4ccccc4)CC3)CC2)cc1. The number of aryl methyl sites for hydroxylation is 1. The van der Waals surface area contributed by atoms with Crippen molar-refractivity contribution >= 4 is 17.5 Å². The first kappa shape index (κ1) is 23.5. The van der Waals surface area contributed by atoms with E-state index in [2.05, 4.69) is 10.2 Å². The van der Waals surface area contributed by atoms with Gasteiger partial charge in [-0.15, -0.1) is 0 Å². The van der Waals surface area contributed by atoms with Crippen molar-refractivity contribution in [3.8, 4) is 0 Å². The van der Waals surface area contributed by atoms with Crippen molar-refractivity contribution in [2.45, 2.75) is 45.3 Å². The molecule has 6 heteroatoms. The van der Waals surface area contributed by atoms with E-state index in [9.17, 15) is 9.59 Å². The molecule has 0 atom stereocenters. The molecular formula is C27H35N3O3. The molecule has 2 aromatic rings. The zero-order valence-electron chi connectivity index (χ0n) is 19.5. The van der Waals surface area contributed by atoms with Gasteiger partial charge in [0.25, 0.3) is 0 Å². The smallest absolute Gasteiger partial charge is 0.248 e. The number of nitrogens with one attached hydrogen (secondary N) is 1. The van der Waals surface area contributed by atoms with Gasteiger partial charge in [0, 0.05) is 30.7 Å². The highest BCUT2D eigenvalue weighted by Crippen LogP contribution is 2.25. The van der Waals surface area contributed by atoms with Crippen molar-refractivity contribution in [3.05, 3.63) is 65.7 Å². The molecule has 2 heterocycles. The zero-order valence-corrected chi connectivity index (χ0v) is 19.5. The number of nitrogens with zero attached hydrogens (tertiary/aromatic N) is 2. The highest BCUT2D eigenvalue weighted by atomic mass is 16.5. The van der Waals surface area contributed by atoms with Crippen LogP contribution in [0.25, 0.3) is 0 Å². The number of rotatable bonds is 7. The van der Waals surface area contributed by atoms with Crippen LogP contribution in [0.3, 0.4) is 0 Å². The van der Waals surface area contributed by atoms with Crippen LogP contribution in [0, 0.1) is 12.8 Å². The lowest BCUT2D eigenvalue weighted by Crippen LogP contribution is -2.50. The van der Waals surface area contributed by atoms with Gasteiger partial charge in [-0.3, -0.25) is 9.59 Å². The first-order chi connectivity index (χ1) is 16.1.